The Bertz CT molecular complexity index is 1030. The molecule has 1 heterocycles. The maximum Gasteiger partial charge on any atom is 0.269 e. The Morgan fingerprint density at radius 2 is 1.68 bits per heavy atom. The predicted octanol–water partition coefficient (Wildman–Crippen LogP) is 4.70. The van der Waals surface area contributed by atoms with Crippen LogP contribution in [0.15, 0.2) is 72.8 Å². The van der Waals surface area contributed by atoms with Gasteiger partial charge in [0.05, 0.1) is 23.5 Å². The van der Waals surface area contributed by atoms with Crippen molar-refractivity contribution in [3.8, 4) is 11.5 Å². The number of methoxy groups -OCH3 is 1. The molecular formula is C22H17NO5. The first-order valence-electron chi connectivity index (χ1n) is 8.76. The van der Waals surface area contributed by atoms with Crippen LogP contribution >= 0.6 is 0 Å². The topological polar surface area (TPSA) is 78.7 Å². The van der Waals surface area contributed by atoms with E-state index in [1.807, 2.05) is 30.3 Å². The summed E-state index contributed by atoms with van der Waals surface area (Å²) in [5, 5.41) is 11.0. The molecule has 0 N–H and O–H groups in total. The molecule has 0 unspecified atom stereocenters. The third-order valence-corrected chi connectivity index (χ3v) is 4.88. The van der Waals surface area contributed by atoms with Crippen LogP contribution in [0.3, 0.4) is 0 Å². The molecule has 0 amide bonds. The largest absolute Gasteiger partial charge is 0.497 e. The van der Waals surface area contributed by atoms with Gasteiger partial charge in [0.15, 0.2) is 5.78 Å². The van der Waals surface area contributed by atoms with Crippen molar-refractivity contribution in [3.63, 3.8) is 0 Å². The van der Waals surface area contributed by atoms with Crippen LogP contribution in [-0.4, -0.2) is 17.8 Å². The Labute approximate surface area is 161 Å². The van der Waals surface area contributed by atoms with Gasteiger partial charge in [-0.2, -0.15) is 0 Å². The van der Waals surface area contributed by atoms with Crippen LogP contribution in [0.4, 0.5) is 5.69 Å². The van der Waals surface area contributed by atoms with Crippen LogP contribution in [-0.2, 0) is 0 Å². The molecule has 0 fully saturated rings. The standard InChI is InChI=1S/C22H17NO5/c1-27-17-11-12-18-19(13-17)28-22(15-7-9-16(10-8-15)23(25)26)20(21(18)24)14-5-3-2-4-6-14/h2-13,20,22H,1H3/t20-,22+/m0/s1. The first-order valence-corrected chi connectivity index (χ1v) is 8.76. The number of ketones is 1. The Morgan fingerprint density at radius 3 is 2.32 bits per heavy atom. The fourth-order valence-electron chi connectivity index (χ4n) is 3.47. The number of rotatable bonds is 4. The van der Waals surface area contributed by atoms with Crippen LogP contribution in [0.5, 0.6) is 11.5 Å². The zero-order chi connectivity index (χ0) is 19.7. The van der Waals surface area contributed by atoms with E-state index in [0.717, 1.165) is 5.56 Å². The van der Waals surface area contributed by atoms with Crippen molar-refractivity contribution in [1.29, 1.82) is 0 Å². The molecule has 0 aromatic heterocycles. The molecular weight excluding hydrogens is 358 g/mol. The molecule has 0 aliphatic carbocycles. The van der Waals surface area contributed by atoms with E-state index in [1.165, 1.54) is 12.1 Å². The SMILES string of the molecule is COc1ccc2c(c1)O[C@H](c1ccc([N+](=O)[O-])cc1)[C@@H](c1ccccc1)C2=O. The predicted molar refractivity (Wildman–Crippen MR) is 103 cm³/mol. The van der Waals surface area contributed by atoms with Gasteiger partial charge in [0.1, 0.15) is 17.6 Å². The smallest absolute Gasteiger partial charge is 0.269 e. The molecule has 0 saturated carbocycles. The minimum Gasteiger partial charge on any atom is -0.497 e. The Balaban J connectivity index is 1.82. The number of Topliss-reactive ketones (excluding diaryl/α,β-unsaturated/α-hetero) is 1. The van der Waals surface area contributed by atoms with Gasteiger partial charge in [0.25, 0.3) is 5.69 Å². The molecule has 1 aliphatic rings. The lowest BCUT2D eigenvalue weighted by Gasteiger charge is -2.33. The van der Waals surface area contributed by atoms with Crippen molar-refractivity contribution in [2.24, 2.45) is 0 Å². The lowest BCUT2D eigenvalue weighted by molar-refractivity contribution is -0.384. The lowest BCUT2D eigenvalue weighted by atomic mass is 9.81. The minimum absolute atomic E-state index is 0.00998. The number of hydrogen-bond acceptors (Lipinski definition) is 5. The summed E-state index contributed by atoms with van der Waals surface area (Å²) in [6.07, 6.45) is -0.602. The van der Waals surface area contributed by atoms with E-state index in [4.69, 9.17) is 9.47 Å². The van der Waals surface area contributed by atoms with Gasteiger partial charge in [-0.3, -0.25) is 14.9 Å². The maximum absolute atomic E-state index is 13.3. The van der Waals surface area contributed by atoms with Crippen molar-refractivity contribution in [3.05, 3.63) is 99.6 Å². The Hall–Kier alpha value is -3.67. The van der Waals surface area contributed by atoms with Gasteiger partial charge in [0.2, 0.25) is 0 Å². The molecule has 0 bridgehead atoms. The summed E-state index contributed by atoms with van der Waals surface area (Å²) in [6, 6.07) is 20.7. The second kappa shape index (κ2) is 7.15. The number of hydrogen-bond donors (Lipinski definition) is 0. The molecule has 3 aromatic carbocycles. The number of nitro benzene ring substituents is 1. The number of carbonyl (C=O) groups excluding carboxylic acids is 1. The lowest BCUT2D eigenvalue weighted by Crippen LogP contribution is -2.30. The van der Waals surface area contributed by atoms with Crippen LogP contribution in [0.25, 0.3) is 0 Å². The maximum atomic E-state index is 13.3. The summed E-state index contributed by atoms with van der Waals surface area (Å²) in [7, 11) is 1.55. The van der Waals surface area contributed by atoms with Crippen molar-refractivity contribution < 1.29 is 19.2 Å². The summed E-state index contributed by atoms with van der Waals surface area (Å²) < 4.78 is 11.5. The van der Waals surface area contributed by atoms with Gasteiger partial charge in [-0.1, -0.05) is 30.3 Å². The van der Waals surface area contributed by atoms with Crippen LogP contribution < -0.4 is 9.47 Å². The van der Waals surface area contributed by atoms with Crippen LogP contribution in [0.2, 0.25) is 0 Å². The number of fused-ring (bicyclic) bond motifs is 1. The molecule has 0 radical (unpaired) electrons. The summed E-state index contributed by atoms with van der Waals surface area (Å²) in [6.45, 7) is 0. The highest BCUT2D eigenvalue weighted by molar-refractivity contribution is 6.04. The van der Waals surface area contributed by atoms with E-state index in [1.54, 1.807) is 37.4 Å². The molecule has 6 nitrogen and oxygen atoms in total. The number of nitro groups is 1. The van der Waals surface area contributed by atoms with Gasteiger partial charge < -0.3 is 9.47 Å². The van der Waals surface area contributed by atoms with Crippen molar-refractivity contribution in [1.82, 2.24) is 0 Å². The first kappa shape index (κ1) is 17.7. The Morgan fingerprint density at radius 1 is 0.964 bits per heavy atom. The molecule has 6 heteroatoms. The average molecular weight is 375 g/mol. The van der Waals surface area contributed by atoms with E-state index >= 15 is 0 Å². The monoisotopic (exact) mass is 375 g/mol. The third-order valence-electron chi connectivity index (χ3n) is 4.88. The summed E-state index contributed by atoms with van der Waals surface area (Å²) in [5.74, 6) is 0.425. The number of carbonyl (C=O) groups is 1. The highest BCUT2D eigenvalue weighted by atomic mass is 16.6. The number of non-ortho nitro benzene ring substituents is 1. The van der Waals surface area contributed by atoms with E-state index < -0.39 is 16.9 Å². The zero-order valence-electron chi connectivity index (χ0n) is 15.1. The molecule has 1 aliphatic heterocycles. The highest BCUT2D eigenvalue weighted by Gasteiger charge is 2.39. The van der Waals surface area contributed by atoms with E-state index in [0.29, 0.717) is 22.6 Å². The van der Waals surface area contributed by atoms with E-state index in [9.17, 15) is 14.9 Å². The minimum atomic E-state index is -0.602. The van der Waals surface area contributed by atoms with Gasteiger partial charge in [-0.05, 0) is 35.4 Å². The molecule has 3 aromatic rings. The fourth-order valence-corrected chi connectivity index (χ4v) is 3.47. The molecule has 4 rings (SSSR count). The Kier molecular flexibility index (Phi) is 4.53. The van der Waals surface area contributed by atoms with Crippen LogP contribution in [0.1, 0.15) is 33.5 Å². The van der Waals surface area contributed by atoms with Crippen LogP contribution in [0, 0.1) is 10.1 Å². The summed E-state index contributed by atoms with van der Waals surface area (Å²) >= 11 is 0. The zero-order valence-corrected chi connectivity index (χ0v) is 15.1. The number of ether oxygens (including phenoxy) is 2. The van der Waals surface area contributed by atoms with Crippen molar-refractivity contribution in [2.75, 3.05) is 7.11 Å². The molecule has 0 saturated heterocycles. The average Bonchev–Trinajstić information content (AvgIpc) is 2.74. The number of nitrogens with zero attached hydrogens (tertiary/aromatic N) is 1. The molecule has 28 heavy (non-hydrogen) atoms. The van der Waals surface area contributed by atoms with Gasteiger partial charge >= 0.3 is 0 Å². The molecule has 2 atom stereocenters. The van der Waals surface area contributed by atoms with Gasteiger partial charge in [-0.25, -0.2) is 0 Å². The van der Waals surface area contributed by atoms with E-state index in [2.05, 4.69) is 0 Å². The fraction of sp³-hybridized carbons (Fsp3) is 0.136. The normalized spacial score (nSPS) is 18.1. The summed E-state index contributed by atoms with van der Waals surface area (Å²) in [5.41, 5.74) is 2.01. The molecule has 140 valence electrons. The summed E-state index contributed by atoms with van der Waals surface area (Å²) in [4.78, 5) is 23.9. The first-order chi connectivity index (χ1) is 13.6. The second-order valence-electron chi connectivity index (χ2n) is 6.50. The van der Waals surface area contributed by atoms with Gasteiger partial charge in [0, 0.05) is 18.2 Å². The van der Waals surface area contributed by atoms with Crippen molar-refractivity contribution in [2.45, 2.75) is 12.0 Å². The quantitative estimate of drug-likeness (QED) is 0.488. The number of benzene rings is 3. The van der Waals surface area contributed by atoms with Gasteiger partial charge in [-0.15, -0.1) is 0 Å². The highest BCUT2D eigenvalue weighted by Crippen LogP contribution is 2.45. The second-order valence-corrected chi connectivity index (χ2v) is 6.50. The molecule has 0 spiro atoms. The third kappa shape index (κ3) is 3.09. The van der Waals surface area contributed by atoms with E-state index in [-0.39, 0.29) is 11.5 Å². The van der Waals surface area contributed by atoms with Crippen molar-refractivity contribution >= 4 is 11.5 Å².